The standard InChI is InChI=1S/C25H29N3O2/c1-17-8-7-9-18(2)24(17)27-23(29)15-26-25(30)19(3)28(4)16-20-12-13-21-10-5-6-11-22(21)14-20/h5-14,19H,15-16H2,1-4H3,(H,26,30)(H,27,29)/t19-/m1/s1. The van der Waals surface area contributed by atoms with E-state index >= 15 is 0 Å². The Bertz CT molecular complexity index is 1040. The van der Waals surface area contributed by atoms with Crippen LogP contribution < -0.4 is 10.6 Å². The number of carbonyl (C=O) groups excluding carboxylic acids is 2. The summed E-state index contributed by atoms with van der Waals surface area (Å²) >= 11 is 0. The average molecular weight is 404 g/mol. The van der Waals surface area contributed by atoms with Crippen molar-refractivity contribution in [2.75, 3.05) is 18.9 Å². The second-order valence-corrected chi connectivity index (χ2v) is 7.81. The van der Waals surface area contributed by atoms with E-state index in [4.69, 9.17) is 0 Å². The lowest BCUT2D eigenvalue weighted by atomic mass is 10.1. The van der Waals surface area contributed by atoms with Crippen molar-refractivity contribution in [1.29, 1.82) is 0 Å². The van der Waals surface area contributed by atoms with Crippen LogP contribution in [0.25, 0.3) is 10.8 Å². The molecule has 5 heteroatoms. The van der Waals surface area contributed by atoms with E-state index in [2.05, 4.69) is 41.0 Å². The number of anilines is 1. The molecule has 0 aliphatic rings. The highest BCUT2D eigenvalue weighted by molar-refractivity contribution is 5.96. The first-order chi connectivity index (χ1) is 14.3. The average Bonchev–Trinajstić information content (AvgIpc) is 2.74. The molecule has 0 aliphatic carbocycles. The van der Waals surface area contributed by atoms with Crippen LogP contribution in [0.15, 0.2) is 60.7 Å². The fourth-order valence-corrected chi connectivity index (χ4v) is 3.47. The number of aryl methyl sites for hydroxylation is 2. The first-order valence-corrected chi connectivity index (χ1v) is 10.2. The van der Waals surface area contributed by atoms with E-state index in [1.165, 1.54) is 10.8 Å². The Labute approximate surface area is 178 Å². The summed E-state index contributed by atoms with van der Waals surface area (Å²) in [6, 6.07) is 20.0. The highest BCUT2D eigenvalue weighted by Crippen LogP contribution is 2.19. The Morgan fingerprint density at radius 3 is 2.30 bits per heavy atom. The second kappa shape index (κ2) is 9.55. The molecule has 2 amide bonds. The molecule has 0 saturated heterocycles. The summed E-state index contributed by atoms with van der Waals surface area (Å²) in [7, 11) is 1.91. The van der Waals surface area contributed by atoms with Crippen LogP contribution in [0.2, 0.25) is 0 Å². The molecule has 0 aliphatic heterocycles. The van der Waals surface area contributed by atoms with E-state index in [0.29, 0.717) is 6.54 Å². The van der Waals surface area contributed by atoms with Crippen LogP contribution >= 0.6 is 0 Å². The minimum Gasteiger partial charge on any atom is -0.346 e. The summed E-state index contributed by atoms with van der Waals surface area (Å²) in [5.74, 6) is -0.403. The lowest BCUT2D eigenvalue weighted by Gasteiger charge is -2.24. The molecule has 0 bridgehead atoms. The van der Waals surface area contributed by atoms with Crippen LogP contribution in [-0.2, 0) is 16.1 Å². The van der Waals surface area contributed by atoms with Crippen molar-refractivity contribution in [3.8, 4) is 0 Å². The minimum absolute atomic E-state index is 0.0548. The zero-order chi connectivity index (χ0) is 21.7. The van der Waals surface area contributed by atoms with Gasteiger partial charge in [-0.2, -0.15) is 0 Å². The van der Waals surface area contributed by atoms with Crippen molar-refractivity contribution in [2.24, 2.45) is 0 Å². The number of amides is 2. The van der Waals surface area contributed by atoms with Crippen LogP contribution in [0.3, 0.4) is 0 Å². The Balaban J connectivity index is 1.53. The fraction of sp³-hybridized carbons (Fsp3) is 0.280. The molecule has 3 aromatic carbocycles. The maximum Gasteiger partial charge on any atom is 0.243 e. The number of hydrogen-bond donors (Lipinski definition) is 2. The predicted molar refractivity (Wildman–Crippen MR) is 122 cm³/mol. The smallest absolute Gasteiger partial charge is 0.243 e. The molecule has 1 atom stereocenters. The molecule has 0 spiro atoms. The Morgan fingerprint density at radius 1 is 0.933 bits per heavy atom. The zero-order valence-electron chi connectivity index (χ0n) is 18.0. The maximum absolute atomic E-state index is 12.5. The van der Waals surface area contributed by atoms with Gasteiger partial charge in [-0.25, -0.2) is 0 Å². The highest BCUT2D eigenvalue weighted by atomic mass is 16.2. The predicted octanol–water partition coefficient (Wildman–Crippen LogP) is 4.03. The number of hydrogen-bond acceptors (Lipinski definition) is 3. The van der Waals surface area contributed by atoms with Crippen LogP contribution in [0.1, 0.15) is 23.6 Å². The monoisotopic (exact) mass is 403 g/mol. The van der Waals surface area contributed by atoms with Gasteiger partial charge in [0.05, 0.1) is 12.6 Å². The molecule has 0 heterocycles. The largest absolute Gasteiger partial charge is 0.346 e. The molecule has 0 radical (unpaired) electrons. The Hall–Kier alpha value is -3.18. The number of rotatable bonds is 7. The van der Waals surface area contributed by atoms with Gasteiger partial charge in [-0.1, -0.05) is 54.6 Å². The molecule has 2 N–H and O–H groups in total. The van der Waals surface area contributed by atoms with Gasteiger partial charge in [-0.3, -0.25) is 14.5 Å². The van der Waals surface area contributed by atoms with Crippen molar-refractivity contribution in [2.45, 2.75) is 33.4 Å². The number of likely N-dealkylation sites (N-methyl/N-ethyl adjacent to an activating group) is 1. The molecule has 3 aromatic rings. The van der Waals surface area contributed by atoms with E-state index in [0.717, 1.165) is 22.4 Å². The van der Waals surface area contributed by atoms with Crippen LogP contribution in [0, 0.1) is 13.8 Å². The third-order valence-electron chi connectivity index (χ3n) is 5.46. The van der Waals surface area contributed by atoms with Crippen LogP contribution in [-0.4, -0.2) is 36.3 Å². The highest BCUT2D eigenvalue weighted by Gasteiger charge is 2.19. The third-order valence-corrected chi connectivity index (χ3v) is 5.46. The van der Waals surface area contributed by atoms with Crippen LogP contribution in [0.5, 0.6) is 0 Å². The van der Waals surface area contributed by atoms with Gasteiger partial charge >= 0.3 is 0 Å². The SMILES string of the molecule is Cc1cccc(C)c1NC(=O)CNC(=O)[C@@H](C)N(C)Cc1ccc2ccccc2c1. The van der Waals surface area contributed by atoms with Gasteiger partial charge in [0.2, 0.25) is 11.8 Å². The number of carbonyl (C=O) groups is 2. The molecule has 3 rings (SSSR count). The lowest BCUT2D eigenvalue weighted by molar-refractivity contribution is -0.127. The molecule has 0 fully saturated rings. The summed E-state index contributed by atoms with van der Waals surface area (Å²) in [4.78, 5) is 26.8. The third kappa shape index (κ3) is 5.24. The molecule has 0 aromatic heterocycles. The van der Waals surface area contributed by atoms with E-state index in [1.807, 2.05) is 63.1 Å². The van der Waals surface area contributed by atoms with Crippen molar-refractivity contribution < 1.29 is 9.59 Å². The summed E-state index contributed by atoms with van der Waals surface area (Å²) < 4.78 is 0. The Morgan fingerprint density at radius 2 is 1.60 bits per heavy atom. The van der Waals surface area contributed by atoms with Crippen molar-refractivity contribution in [1.82, 2.24) is 10.2 Å². The zero-order valence-corrected chi connectivity index (χ0v) is 18.0. The van der Waals surface area contributed by atoms with Gasteiger partial charge in [0.25, 0.3) is 0 Å². The van der Waals surface area contributed by atoms with Crippen molar-refractivity contribution in [3.05, 3.63) is 77.4 Å². The quantitative estimate of drug-likeness (QED) is 0.626. The molecule has 0 saturated carbocycles. The summed E-state index contributed by atoms with van der Waals surface area (Å²) in [5, 5.41) is 8.02. The second-order valence-electron chi connectivity index (χ2n) is 7.81. The van der Waals surface area contributed by atoms with Crippen molar-refractivity contribution >= 4 is 28.3 Å². The van der Waals surface area contributed by atoms with Crippen molar-refractivity contribution in [3.63, 3.8) is 0 Å². The van der Waals surface area contributed by atoms with E-state index in [-0.39, 0.29) is 24.4 Å². The number of benzene rings is 3. The molecular weight excluding hydrogens is 374 g/mol. The fourth-order valence-electron chi connectivity index (χ4n) is 3.47. The normalized spacial score (nSPS) is 12.0. The van der Waals surface area contributed by atoms with Crippen LogP contribution in [0.4, 0.5) is 5.69 Å². The first-order valence-electron chi connectivity index (χ1n) is 10.2. The minimum atomic E-state index is -0.357. The summed E-state index contributed by atoms with van der Waals surface area (Å²) in [5.41, 5.74) is 3.94. The molecule has 156 valence electrons. The topological polar surface area (TPSA) is 61.4 Å². The van der Waals surface area contributed by atoms with E-state index in [9.17, 15) is 9.59 Å². The lowest BCUT2D eigenvalue weighted by Crippen LogP contribution is -2.45. The van der Waals surface area contributed by atoms with Gasteiger partial charge in [0.1, 0.15) is 0 Å². The van der Waals surface area contributed by atoms with Gasteiger partial charge < -0.3 is 10.6 Å². The van der Waals surface area contributed by atoms with Gasteiger partial charge in [-0.15, -0.1) is 0 Å². The first kappa shape index (κ1) is 21.5. The molecule has 0 unspecified atom stereocenters. The van der Waals surface area contributed by atoms with Gasteiger partial charge in [-0.05, 0) is 61.3 Å². The molecular formula is C25H29N3O2. The van der Waals surface area contributed by atoms with E-state index < -0.39 is 0 Å². The number of nitrogens with zero attached hydrogens (tertiary/aromatic N) is 1. The van der Waals surface area contributed by atoms with Gasteiger partial charge in [0.15, 0.2) is 0 Å². The molecule has 30 heavy (non-hydrogen) atoms. The maximum atomic E-state index is 12.5. The number of fused-ring (bicyclic) bond motifs is 1. The summed E-state index contributed by atoms with van der Waals surface area (Å²) in [6.45, 7) is 6.34. The number of nitrogens with one attached hydrogen (secondary N) is 2. The Kier molecular flexibility index (Phi) is 6.85. The van der Waals surface area contributed by atoms with E-state index in [1.54, 1.807) is 0 Å². The van der Waals surface area contributed by atoms with Gasteiger partial charge in [0, 0.05) is 12.2 Å². The number of para-hydroxylation sites is 1. The molecule has 5 nitrogen and oxygen atoms in total. The summed E-state index contributed by atoms with van der Waals surface area (Å²) in [6.07, 6.45) is 0.